The van der Waals surface area contributed by atoms with Gasteiger partial charge >= 0.3 is 24.1 Å². The highest BCUT2D eigenvalue weighted by atomic mass is 28.4. The van der Waals surface area contributed by atoms with E-state index >= 15 is 0 Å². The molecule has 254 valence electrons. The van der Waals surface area contributed by atoms with Gasteiger partial charge in [-0.25, -0.2) is 19.2 Å². The third-order valence-corrected chi connectivity index (χ3v) is 13.0. The fraction of sp³-hybridized carbons (Fsp3) is 0.871. The topological polar surface area (TPSA) is 141 Å². The first-order valence-corrected chi connectivity index (χ1v) is 18.4. The van der Waals surface area contributed by atoms with Crippen LogP contribution >= 0.6 is 0 Å². The van der Waals surface area contributed by atoms with Crippen LogP contribution in [0.25, 0.3) is 0 Å². The van der Waals surface area contributed by atoms with E-state index in [9.17, 15) is 24.3 Å². The van der Waals surface area contributed by atoms with E-state index in [-0.39, 0.29) is 37.0 Å². The number of carbonyl (C=O) groups is 4. The van der Waals surface area contributed by atoms with Gasteiger partial charge in [-0.15, -0.1) is 0 Å². The van der Waals surface area contributed by atoms with Crippen molar-refractivity contribution in [3.05, 3.63) is 0 Å². The van der Waals surface area contributed by atoms with Crippen LogP contribution < -0.4 is 0 Å². The quantitative estimate of drug-likeness (QED) is 0.166. The Morgan fingerprint density at radius 2 is 1.32 bits per heavy atom. The van der Waals surface area contributed by atoms with Crippen molar-refractivity contribution in [2.45, 2.75) is 161 Å². The maximum Gasteiger partial charge on any atom is 0.411 e. The molecule has 0 aromatic rings. The second-order valence-electron chi connectivity index (χ2n) is 15.4. The van der Waals surface area contributed by atoms with Crippen molar-refractivity contribution in [1.29, 1.82) is 0 Å². The number of likely N-dealkylation sites (tertiary alicyclic amines) is 2. The van der Waals surface area contributed by atoms with Gasteiger partial charge in [0.2, 0.25) is 0 Å². The average Bonchev–Trinajstić information content (AvgIpc) is 3.34. The van der Waals surface area contributed by atoms with Crippen LogP contribution in [0.5, 0.6) is 0 Å². The fourth-order valence-electron chi connectivity index (χ4n) is 5.25. The van der Waals surface area contributed by atoms with Crippen LogP contribution in [-0.4, -0.2) is 109 Å². The van der Waals surface area contributed by atoms with Gasteiger partial charge in [0.15, 0.2) is 8.32 Å². The molecule has 2 fully saturated rings. The molecule has 12 nitrogen and oxygen atoms in total. The van der Waals surface area contributed by atoms with Crippen molar-refractivity contribution in [3.63, 3.8) is 0 Å². The molecule has 1 unspecified atom stereocenters. The van der Waals surface area contributed by atoms with Crippen molar-refractivity contribution < 1.29 is 47.7 Å². The van der Waals surface area contributed by atoms with Gasteiger partial charge in [-0.2, -0.15) is 0 Å². The summed E-state index contributed by atoms with van der Waals surface area (Å²) >= 11 is 0. The van der Waals surface area contributed by atoms with Gasteiger partial charge in [0.25, 0.3) is 0 Å². The van der Waals surface area contributed by atoms with Gasteiger partial charge in [-0.05, 0) is 79.4 Å². The number of aliphatic hydroxyl groups is 1. The monoisotopic (exact) mass is 644 g/mol. The molecule has 2 aliphatic heterocycles. The van der Waals surface area contributed by atoms with Gasteiger partial charge < -0.3 is 28.5 Å². The van der Waals surface area contributed by atoms with Crippen LogP contribution in [0, 0.1) is 0 Å². The lowest BCUT2D eigenvalue weighted by Crippen LogP contribution is -2.50. The highest BCUT2D eigenvalue weighted by Gasteiger charge is 2.51. The molecule has 0 spiro atoms. The molecule has 1 N–H and O–H groups in total. The van der Waals surface area contributed by atoms with Crippen molar-refractivity contribution in [2.24, 2.45) is 0 Å². The predicted octanol–water partition coefficient (Wildman–Crippen LogP) is 5.01. The van der Waals surface area contributed by atoms with E-state index in [1.807, 2.05) is 6.92 Å². The maximum absolute atomic E-state index is 13.4. The average molecular weight is 645 g/mol. The second kappa shape index (κ2) is 13.9. The molecule has 13 heteroatoms. The van der Waals surface area contributed by atoms with Crippen LogP contribution in [0.1, 0.15) is 94.9 Å². The standard InChI is InChI=1S/C31H56N2O10Si/c1-19-24(43-44(12,13)31(8,9)10)18-22(32(19)27(37)41-29(2,3)4)26(36)40-16-14-15-20-23(34)17-21(25(35)39-11)33(20)28(38)42-30(5,6)7/h19-24,34H,14-18H2,1-13H3/t19-,20-,21-,22-,23-,24?/m0/s1. The summed E-state index contributed by atoms with van der Waals surface area (Å²) in [6, 6.07) is -3.03. The molecule has 6 atom stereocenters. The van der Waals surface area contributed by atoms with E-state index in [1.165, 1.54) is 16.9 Å². The predicted molar refractivity (Wildman–Crippen MR) is 166 cm³/mol. The zero-order valence-corrected chi connectivity index (χ0v) is 30.0. The highest BCUT2D eigenvalue weighted by molar-refractivity contribution is 6.74. The molecule has 0 aliphatic carbocycles. The van der Waals surface area contributed by atoms with Gasteiger partial charge in [0.05, 0.1) is 38.0 Å². The molecule has 0 aromatic carbocycles. The highest BCUT2D eigenvalue weighted by Crippen LogP contribution is 2.41. The minimum Gasteiger partial charge on any atom is -0.467 e. The molecule has 44 heavy (non-hydrogen) atoms. The zero-order chi connectivity index (χ0) is 34.0. The van der Waals surface area contributed by atoms with Gasteiger partial charge in [0, 0.05) is 12.8 Å². The maximum atomic E-state index is 13.4. The van der Waals surface area contributed by atoms with E-state index in [1.54, 1.807) is 41.5 Å². The zero-order valence-electron chi connectivity index (χ0n) is 29.0. The molecule has 0 aromatic heterocycles. The molecule has 0 saturated carbocycles. The minimum absolute atomic E-state index is 0.0107. The third-order valence-electron chi connectivity index (χ3n) is 8.46. The number of amides is 2. The molecule has 2 rings (SSSR count). The Hall–Kier alpha value is -2.38. The molecular weight excluding hydrogens is 588 g/mol. The Balaban J connectivity index is 2.15. The van der Waals surface area contributed by atoms with E-state index in [4.69, 9.17) is 23.4 Å². The number of nitrogens with zero attached hydrogens (tertiary/aromatic N) is 2. The van der Waals surface area contributed by atoms with E-state index < -0.39 is 73.9 Å². The number of rotatable bonds is 8. The summed E-state index contributed by atoms with van der Waals surface area (Å²) in [5.74, 6) is -1.22. The van der Waals surface area contributed by atoms with Crippen molar-refractivity contribution >= 4 is 32.4 Å². The number of ether oxygens (including phenoxy) is 4. The minimum atomic E-state index is -2.22. The van der Waals surface area contributed by atoms with Crippen LogP contribution in [0.3, 0.4) is 0 Å². The Morgan fingerprint density at radius 1 is 0.818 bits per heavy atom. The molecule has 2 heterocycles. The molecule has 0 bridgehead atoms. The van der Waals surface area contributed by atoms with Gasteiger partial charge in [-0.3, -0.25) is 9.80 Å². The summed E-state index contributed by atoms with van der Waals surface area (Å²) in [7, 11) is -0.995. The number of methoxy groups -OCH3 is 1. The van der Waals surface area contributed by atoms with Crippen LogP contribution in [0.15, 0.2) is 0 Å². The molecule has 2 amide bonds. The molecule has 0 radical (unpaired) electrons. The number of hydrogen-bond donors (Lipinski definition) is 1. The van der Waals surface area contributed by atoms with Crippen molar-refractivity contribution in [1.82, 2.24) is 9.80 Å². The lowest BCUT2D eigenvalue weighted by Gasteiger charge is -2.39. The SMILES string of the molecule is COC(=O)[C@@H]1C[C@H](O)[C@H](CCCOC(=O)[C@@H]2CC(O[Si](C)(C)C(C)(C)C)[C@H](C)N2C(=O)OC(C)(C)C)N1C(=O)OC(C)(C)C. The lowest BCUT2D eigenvalue weighted by molar-refractivity contribution is -0.149. The fourth-order valence-corrected chi connectivity index (χ4v) is 6.65. The number of aliphatic hydroxyl groups excluding tert-OH is 1. The Kier molecular flexibility index (Phi) is 12.0. The molecular formula is C31H56N2O10Si. The Morgan fingerprint density at radius 3 is 1.80 bits per heavy atom. The summed E-state index contributed by atoms with van der Waals surface area (Å²) in [5, 5.41) is 10.7. The molecule has 2 saturated heterocycles. The Bertz CT molecular complexity index is 1050. The lowest BCUT2D eigenvalue weighted by atomic mass is 10.1. The molecule has 2 aliphatic rings. The first kappa shape index (κ1) is 37.8. The van der Waals surface area contributed by atoms with Crippen LogP contribution in [-0.2, 0) is 33.0 Å². The number of esters is 2. The number of hydrogen-bond acceptors (Lipinski definition) is 10. The van der Waals surface area contributed by atoms with Gasteiger partial charge in [0.1, 0.15) is 23.3 Å². The van der Waals surface area contributed by atoms with Crippen molar-refractivity contribution in [2.75, 3.05) is 13.7 Å². The van der Waals surface area contributed by atoms with E-state index in [0.717, 1.165) is 0 Å². The Labute approximate surface area is 264 Å². The van der Waals surface area contributed by atoms with E-state index in [2.05, 4.69) is 33.9 Å². The largest absolute Gasteiger partial charge is 0.467 e. The smallest absolute Gasteiger partial charge is 0.411 e. The summed E-state index contributed by atoms with van der Waals surface area (Å²) in [6.07, 6.45) is -1.87. The summed E-state index contributed by atoms with van der Waals surface area (Å²) < 4.78 is 28.3. The first-order valence-electron chi connectivity index (χ1n) is 15.5. The second-order valence-corrected chi connectivity index (χ2v) is 20.2. The van der Waals surface area contributed by atoms with Crippen molar-refractivity contribution in [3.8, 4) is 0 Å². The first-order chi connectivity index (χ1) is 19.9. The normalized spacial score (nSPS) is 26.4. The number of carbonyl (C=O) groups excluding carboxylic acids is 4. The van der Waals surface area contributed by atoms with E-state index in [0.29, 0.717) is 6.42 Å². The summed E-state index contributed by atoms with van der Waals surface area (Å²) in [6.45, 7) is 23.0. The summed E-state index contributed by atoms with van der Waals surface area (Å²) in [4.78, 5) is 54.8. The van der Waals surface area contributed by atoms with Crippen LogP contribution in [0.2, 0.25) is 18.1 Å². The van der Waals surface area contributed by atoms with Gasteiger partial charge in [-0.1, -0.05) is 20.8 Å². The summed E-state index contributed by atoms with van der Waals surface area (Å²) in [5.41, 5.74) is -1.57. The van der Waals surface area contributed by atoms with Crippen LogP contribution in [0.4, 0.5) is 9.59 Å². The third kappa shape index (κ3) is 9.56.